The van der Waals surface area contributed by atoms with Gasteiger partial charge >= 0.3 is 0 Å². The van der Waals surface area contributed by atoms with Crippen LogP contribution in [-0.2, 0) is 4.79 Å². The zero-order valence-corrected chi connectivity index (χ0v) is 11.5. The second kappa shape index (κ2) is 6.64. The SMILES string of the molecule is CCSC1CCCC1NC(=O)C1CCCNC1. The molecule has 2 N–H and O–H groups in total. The van der Waals surface area contributed by atoms with Crippen LogP contribution in [0.4, 0.5) is 0 Å². The molecule has 1 amide bonds. The van der Waals surface area contributed by atoms with Gasteiger partial charge in [0.1, 0.15) is 0 Å². The van der Waals surface area contributed by atoms with E-state index in [4.69, 9.17) is 0 Å². The summed E-state index contributed by atoms with van der Waals surface area (Å²) in [6.45, 7) is 4.14. The van der Waals surface area contributed by atoms with Crippen molar-refractivity contribution >= 4 is 17.7 Å². The molecule has 0 radical (unpaired) electrons. The quantitative estimate of drug-likeness (QED) is 0.805. The van der Waals surface area contributed by atoms with E-state index >= 15 is 0 Å². The van der Waals surface area contributed by atoms with Crippen LogP contribution in [0.1, 0.15) is 39.0 Å². The number of rotatable bonds is 4. The number of carbonyl (C=O) groups is 1. The van der Waals surface area contributed by atoms with Gasteiger partial charge in [0, 0.05) is 17.8 Å². The average molecular weight is 256 g/mol. The van der Waals surface area contributed by atoms with Crippen molar-refractivity contribution < 1.29 is 4.79 Å². The van der Waals surface area contributed by atoms with E-state index in [9.17, 15) is 4.79 Å². The average Bonchev–Trinajstić information content (AvgIpc) is 2.78. The molecule has 2 fully saturated rings. The summed E-state index contributed by atoms with van der Waals surface area (Å²) in [5, 5.41) is 7.25. The molecule has 0 aromatic heterocycles. The molecule has 1 aliphatic carbocycles. The van der Waals surface area contributed by atoms with Crippen LogP contribution in [0.15, 0.2) is 0 Å². The lowest BCUT2D eigenvalue weighted by Crippen LogP contribution is -2.46. The Kier molecular flexibility index (Phi) is 5.16. The minimum atomic E-state index is 0.205. The second-order valence-corrected chi connectivity index (χ2v) is 6.60. The van der Waals surface area contributed by atoms with Gasteiger partial charge in [0.15, 0.2) is 0 Å². The van der Waals surface area contributed by atoms with E-state index in [-0.39, 0.29) is 11.8 Å². The number of hydrogen-bond acceptors (Lipinski definition) is 3. The Morgan fingerprint density at radius 2 is 2.24 bits per heavy atom. The van der Waals surface area contributed by atoms with E-state index < -0.39 is 0 Å². The number of nitrogens with one attached hydrogen (secondary N) is 2. The molecule has 0 aromatic carbocycles. The Balaban J connectivity index is 1.80. The molecule has 2 rings (SSSR count). The predicted molar refractivity (Wildman–Crippen MR) is 73.3 cm³/mol. The number of thioether (sulfide) groups is 1. The minimum Gasteiger partial charge on any atom is -0.352 e. The molecule has 0 bridgehead atoms. The normalized spacial score (nSPS) is 33.6. The van der Waals surface area contributed by atoms with Crippen LogP contribution < -0.4 is 10.6 Å². The highest BCUT2D eigenvalue weighted by atomic mass is 32.2. The van der Waals surface area contributed by atoms with Gasteiger partial charge in [0.05, 0.1) is 5.92 Å². The highest BCUT2D eigenvalue weighted by Gasteiger charge is 2.30. The molecule has 98 valence electrons. The first-order valence-electron chi connectivity index (χ1n) is 6.94. The highest BCUT2D eigenvalue weighted by molar-refractivity contribution is 7.99. The van der Waals surface area contributed by atoms with Gasteiger partial charge in [-0.1, -0.05) is 13.3 Å². The van der Waals surface area contributed by atoms with Crippen LogP contribution in [0.25, 0.3) is 0 Å². The Bertz CT molecular complexity index is 254. The van der Waals surface area contributed by atoms with Gasteiger partial charge in [0.2, 0.25) is 5.91 Å². The zero-order valence-electron chi connectivity index (χ0n) is 10.7. The van der Waals surface area contributed by atoms with Gasteiger partial charge in [-0.2, -0.15) is 11.8 Å². The van der Waals surface area contributed by atoms with Crippen molar-refractivity contribution in [1.82, 2.24) is 10.6 Å². The van der Waals surface area contributed by atoms with Crippen LogP contribution in [0.3, 0.4) is 0 Å². The standard InChI is InChI=1S/C13H24N2OS/c1-2-17-12-7-3-6-11(12)15-13(16)10-5-4-8-14-9-10/h10-12,14H,2-9H2,1H3,(H,15,16). The van der Waals surface area contributed by atoms with Gasteiger partial charge in [-0.05, 0) is 38.0 Å². The van der Waals surface area contributed by atoms with Crippen molar-refractivity contribution in [1.29, 1.82) is 0 Å². The molecule has 1 aliphatic heterocycles. The smallest absolute Gasteiger partial charge is 0.224 e. The third-order valence-electron chi connectivity index (χ3n) is 3.83. The summed E-state index contributed by atoms with van der Waals surface area (Å²) in [6.07, 6.45) is 5.90. The summed E-state index contributed by atoms with van der Waals surface area (Å²) < 4.78 is 0. The first kappa shape index (κ1) is 13.2. The lowest BCUT2D eigenvalue weighted by Gasteiger charge is -2.26. The van der Waals surface area contributed by atoms with Crippen molar-refractivity contribution in [2.45, 2.75) is 50.3 Å². The third-order valence-corrected chi connectivity index (χ3v) is 5.15. The molecule has 3 unspecified atom stereocenters. The fourth-order valence-electron chi connectivity index (χ4n) is 2.88. The predicted octanol–water partition coefficient (Wildman–Crippen LogP) is 1.78. The van der Waals surface area contributed by atoms with Crippen molar-refractivity contribution in [3.05, 3.63) is 0 Å². The molecule has 0 aromatic rings. The van der Waals surface area contributed by atoms with Crippen LogP contribution in [-0.4, -0.2) is 36.0 Å². The lowest BCUT2D eigenvalue weighted by molar-refractivity contribution is -0.126. The summed E-state index contributed by atoms with van der Waals surface area (Å²) in [7, 11) is 0. The number of carbonyl (C=O) groups excluding carboxylic acids is 1. The van der Waals surface area contributed by atoms with Crippen molar-refractivity contribution in [2.75, 3.05) is 18.8 Å². The Labute approximate surface area is 108 Å². The van der Waals surface area contributed by atoms with Crippen LogP contribution >= 0.6 is 11.8 Å². The van der Waals surface area contributed by atoms with Crippen LogP contribution in [0.5, 0.6) is 0 Å². The van der Waals surface area contributed by atoms with E-state index in [0.717, 1.165) is 31.7 Å². The highest BCUT2D eigenvalue weighted by Crippen LogP contribution is 2.30. The molecule has 0 spiro atoms. The van der Waals surface area contributed by atoms with Gasteiger partial charge in [-0.3, -0.25) is 4.79 Å². The second-order valence-electron chi connectivity index (χ2n) is 5.08. The summed E-state index contributed by atoms with van der Waals surface area (Å²) in [5.74, 6) is 1.64. The number of piperidine rings is 1. The first-order valence-corrected chi connectivity index (χ1v) is 7.99. The van der Waals surface area contributed by atoms with E-state index in [2.05, 4.69) is 17.6 Å². The Morgan fingerprint density at radius 1 is 1.35 bits per heavy atom. The van der Waals surface area contributed by atoms with E-state index in [1.165, 1.54) is 19.3 Å². The van der Waals surface area contributed by atoms with E-state index in [0.29, 0.717) is 11.3 Å². The maximum absolute atomic E-state index is 12.1. The lowest BCUT2D eigenvalue weighted by atomic mass is 9.98. The van der Waals surface area contributed by atoms with Crippen molar-refractivity contribution in [3.63, 3.8) is 0 Å². The van der Waals surface area contributed by atoms with E-state index in [1.807, 2.05) is 11.8 Å². The molecule has 1 heterocycles. The maximum atomic E-state index is 12.1. The van der Waals surface area contributed by atoms with Crippen molar-refractivity contribution in [3.8, 4) is 0 Å². The third kappa shape index (κ3) is 3.62. The summed E-state index contributed by atoms with van der Waals surface area (Å²) in [6, 6.07) is 0.425. The Morgan fingerprint density at radius 3 is 2.94 bits per heavy atom. The monoisotopic (exact) mass is 256 g/mol. The summed E-state index contributed by atoms with van der Waals surface area (Å²) >= 11 is 2.01. The molecule has 1 saturated heterocycles. The van der Waals surface area contributed by atoms with Gasteiger partial charge in [-0.25, -0.2) is 0 Å². The molecule has 2 aliphatic rings. The van der Waals surface area contributed by atoms with Crippen LogP contribution in [0, 0.1) is 5.92 Å². The molecular formula is C13H24N2OS. The Hall–Kier alpha value is -0.220. The van der Waals surface area contributed by atoms with E-state index in [1.54, 1.807) is 0 Å². The first-order chi connectivity index (χ1) is 8.31. The van der Waals surface area contributed by atoms with Crippen molar-refractivity contribution in [2.24, 2.45) is 5.92 Å². The number of amides is 1. The van der Waals surface area contributed by atoms with Gasteiger partial charge in [-0.15, -0.1) is 0 Å². The zero-order chi connectivity index (χ0) is 12.1. The maximum Gasteiger partial charge on any atom is 0.224 e. The molecular weight excluding hydrogens is 232 g/mol. The molecule has 3 nitrogen and oxygen atoms in total. The topological polar surface area (TPSA) is 41.1 Å². The fourth-order valence-corrected chi connectivity index (χ4v) is 4.08. The van der Waals surface area contributed by atoms with Gasteiger partial charge in [0.25, 0.3) is 0 Å². The number of hydrogen-bond donors (Lipinski definition) is 2. The molecule has 3 atom stereocenters. The summed E-state index contributed by atoms with van der Waals surface area (Å²) in [5.41, 5.74) is 0. The van der Waals surface area contributed by atoms with Crippen LogP contribution in [0.2, 0.25) is 0 Å². The molecule has 17 heavy (non-hydrogen) atoms. The minimum absolute atomic E-state index is 0.205. The molecule has 1 saturated carbocycles. The summed E-state index contributed by atoms with van der Waals surface area (Å²) in [4.78, 5) is 12.1. The fraction of sp³-hybridized carbons (Fsp3) is 0.923. The van der Waals surface area contributed by atoms with Gasteiger partial charge < -0.3 is 10.6 Å². The largest absolute Gasteiger partial charge is 0.352 e. The molecule has 4 heteroatoms.